The summed E-state index contributed by atoms with van der Waals surface area (Å²) in [5.41, 5.74) is 0. The molecule has 0 atom stereocenters. The van der Waals surface area contributed by atoms with Crippen LogP contribution in [0.3, 0.4) is 0 Å². The lowest BCUT2D eigenvalue weighted by Gasteiger charge is -2.20. The molecule has 1 nitrogen and oxygen atoms in total. The van der Waals surface area contributed by atoms with Crippen molar-refractivity contribution in [1.29, 1.82) is 0 Å². The van der Waals surface area contributed by atoms with E-state index in [9.17, 15) is 0 Å². The fraction of sp³-hybridized carbons (Fsp3) is 1.00. The molecule has 0 aromatic rings. The molecule has 0 saturated heterocycles. The molecule has 0 aliphatic rings. The molecule has 0 fully saturated rings. The van der Waals surface area contributed by atoms with E-state index in [1.807, 2.05) is 13.1 Å². The van der Waals surface area contributed by atoms with Crippen LogP contribution in [0.2, 0.25) is 26.2 Å². The van der Waals surface area contributed by atoms with Crippen LogP contribution in [0.1, 0.15) is 0 Å². The van der Waals surface area contributed by atoms with Crippen LogP contribution in [-0.2, 0) is 4.12 Å². The maximum absolute atomic E-state index is 5.69. The molecule has 4 heteroatoms. The normalized spacial score (nSPS) is 12.6. The van der Waals surface area contributed by atoms with Gasteiger partial charge in [0.2, 0.25) is 0 Å². The van der Waals surface area contributed by atoms with Crippen molar-refractivity contribution in [3.05, 3.63) is 0 Å². The molecule has 0 amide bonds. The van der Waals surface area contributed by atoms with Gasteiger partial charge in [-0.25, -0.2) is 0 Å². The number of hydrogen-bond donors (Lipinski definition) is 0. The van der Waals surface area contributed by atoms with Crippen molar-refractivity contribution in [2.45, 2.75) is 26.2 Å². The molecule has 0 aromatic carbocycles. The first-order valence-corrected chi connectivity index (χ1v) is 8.65. The largest absolute Gasteiger partial charge is 0.465 e. The zero-order chi connectivity index (χ0) is 6.78. The third-order valence-electron chi connectivity index (χ3n) is 0.539. The van der Waals surface area contributed by atoms with E-state index >= 15 is 0 Å². The minimum Gasteiger partial charge on any atom is -0.465 e. The zero-order valence-corrected chi connectivity index (χ0v) is 8.22. The smallest absolute Gasteiger partial charge is 0.156 e. The minimum atomic E-state index is -1.66. The average molecular weight is 144 g/mol. The van der Waals surface area contributed by atoms with Gasteiger partial charge in [-0.1, -0.05) is 13.1 Å². The van der Waals surface area contributed by atoms with Crippen LogP contribution < -0.4 is 0 Å². The van der Waals surface area contributed by atoms with Crippen LogP contribution >= 0.6 is 0 Å². The fourth-order valence-electron chi connectivity index (χ4n) is 0.607. The van der Waals surface area contributed by atoms with Gasteiger partial charge in [-0.05, 0) is 13.1 Å². The standard InChI is InChI=1S/C4H13BOSi2/c1-7(2)6-8(3,4)5/h7H,1-4H3. The highest BCUT2D eigenvalue weighted by atomic mass is 28.4. The molecular weight excluding hydrogens is 131 g/mol. The van der Waals surface area contributed by atoms with Gasteiger partial charge in [-0.2, -0.15) is 0 Å². The summed E-state index contributed by atoms with van der Waals surface area (Å²) in [5.74, 6) is 0. The lowest BCUT2D eigenvalue weighted by Crippen LogP contribution is -2.35. The Morgan fingerprint density at radius 1 is 1.38 bits per heavy atom. The summed E-state index contributed by atoms with van der Waals surface area (Å²) < 4.78 is 5.49. The van der Waals surface area contributed by atoms with E-state index in [4.69, 9.17) is 11.6 Å². The van der Waals surface area contributed by atoms with E-state index < -0.39 is 17.2 Å². The second-order valence-corrected chi connectivity index (χ2v) is 9.02. The quantitative estimate of drug-likeness (QED) is 0.522. The van der Waals surface area contributed by atoms with Crippen molar-refractivity contribution in [3.8, 4) is 0 Å². The third kappa shape index (κ3) is 6.46. The van der Waals surface area contributed by atoms with Crippen LogP contribution in [0.4, 0.5) is 0 Å². The lowest BCUT2D eigenvalue weighted by molar-refractivity contribution is 0.598. The number of hydrogen-bond acceptors (Lipinski definition) is 1. The van der Waals surface area contributed by atoms with E-state index in [0.717, 1.165) is 0 Å². The average Bonchev–Trinajstić information content (AvgIpc) is 1.21. The summed E-state index contributed by atoms with van der Waals surface area (Å²) in [6.45, 7) is 8.31. The van der Waals surface area contributed by atoms with Gasteiger partial charge in [0.1, 0.15) is 8.19 Å². The van der Waals surface area contributed by atoms with Crippen LogP contribution in [-0.4, -0.2) is 24.7 Å². The summed E-state index contributed by atoms with van der Waals surface area (Å²) in [4.78, 5) is 0. The van der Waals surface area contributed by atoms with Crippen molar-refractivity contribution >= 4 is 24.7 Å². The Morgan fingerprint density at radius 2 is 1.75 bits per heavy atom. The van der Waals surface area contributed by atoms with E-state index in [1.165, 1.54) is 0 Å². The minimum absolute atomic E-state index is 0.859. The Bertz CT molecular complexity index is 68.9. The Kier molecular flexibility index (Phi) is 3.01. The zero-order valence-electron chi connectivity index (χ0n) is 6.06. The fourth-order valence-corrected chi connectivity index (χ4v) is 5.47. The van der Waals surface area contributed by atoms with Gasteiger partial charge in [0.05, 0.1) is 7.44 Å². The molecule has 8 heavy (non-hydrogen) atoms. The number of rotatable bonds is 2. The molecule has 0 aliphatic carbocycles. The highest BCUT2D eigenvalue weighted by Crippen LogP contribution is 1.99. The molecule has 46 valence electrons. The molecule has 0 unspecified atom stereocenters. The first-order chi connectivity index (χ1) is 3.42. The molecule has 0 bridgehead atoms. The summed E-state index contributed by atoms with van der Waals surface area (Å²) in [5, 5.41) is 0. The summed E-state index contributed by atoms with van der Waals surface area (Å²) in [6, 6.07) is 0. The topological polar surface area (TPSA) is 9.23 Å². The van der Waals surface area contributed by atoms with Crippen molar-refractivity contribution in [2.24, 2.45) is 0 Å². The Balaban J connectivity index is 3.39. The molecule has 0 spiro atoms. The van der Waals surface area contributed by atoms with Gasteiger partial charge >= 0.3 is 0 Å². The van der Waals surface area contributed by atoms with Crippen molar-refractivity contribution in [2.75, 3.05) is 0 Å². The van der Waals surface area contributed by atoms with Crippen LogP contribution in [0.15, 0.2) is 0 Å². The lowest BCUT2D eigenvalue weighted by atomic mass is 10.7. The van der Waals surface area contributed by atoms with Crippen LogP contribution in [0.5, 0.6) is 0 Å². The van der Waals surface area contributed by atoms with Crippen molar-refractivity contribution in [3.63, 3.8) is 0 Å². The van der Waals surface area contributed by atoms with Gasteiger partial charge in [-0.3, -0.25) is 0 Å². The summed E-state index contributed by atoms with van der Waals surface area (Å²) in [6.07, 6.45) is 0. The van der Waals surface area contributed by atoms with Gasteiger partial charge in [0, 0.05) is 0 Å². The highest BCUT2D eigenvalue weighted by molar-refractivity contribution is 7.13. The van der Waals surface area contributed by atoms with Gasteiger partial charge in [-0.15, -0.1) is 0 Å². The molecule has 0 saturated carbocycles. The van der Waals surface area contributed by atoms with Gasteiger partial charge < -0.3 is 4.12 Å². The van der Waals surface area contributed by atoms with E-state index in [2.05, 4.69) is 13.1 Å². The molecule has 2 radical (unpaired) electrons. The van der Waals surface area contributed by atoms with Crippen LogP contribution in [0, 0.1) is 0 Å². The van der Waals surface area contributed by atoms with E-state index in [-0.39, 0.29) is 0 Å². The third-order valence-corrected chi connectivity index (χ3v) is 4.86. The van der Waals surface area contributed by atoms with Crippen molar-refractivity contribution in [1.82, 2.24) is 0 Å². The predicted molar refractivity (Wildman–Crippen MR) is 43.2 cm³/mol. The molecule has 0 aromatic heterocycles. The van der Waals surface area contributed by atoms with E-state index in [1.54, 1.807) is 0 Å². The summed E-state index contributed by atoms with van der Waals surface area (Å²) >= 11 is 0. The predicted octanol–water partition coefficient (Wildman–Crippen LogP) is 0.857. The monoisotopic (exact) mass is 144 g/mol. The first kappa shape index (κ1) is 8.46. The summed E-state index contributed by atoms with van der Waals surface area (Å²) in [7, 11) is 3.17. The SMILES string of the molecule is [B][Si](C)(C)O[SiH](C)C. The molecule has 0 rings (SSSR count). The Labute approximate surface area is 55.6 Å². The Hall–Kier alpha value is 0.459. The second kappa shape index (κ2) is 2.84. The highest BCUT2D eigenvalue weighted by Gasteiger charge is 2.14. The first-order valence-electron chi connectivity index (χ1n) is 2.88. The van der Waals surface area contributed by atoms with Crippen molar-refractivity contribution < 1.29 is 4.12 Å². The second-order valence-electron chi connectivity index (χ2n) is 2.77. The molecular formula is C4H13BOSi2. The maximum Gasteiger partial charge on any atom is 0.156 e. The maximum atomic E-state index is 5.69. The molecule has 0 heterocycles. The molecule has 0 aliphatic heterocycles. The van der Waals surface area contributed by atoms with Gasteiger partial charge in [0.25, 0.3) is 0 Å². The Morgan fingerprint density at radius 3 is 1.75 bits per heavy atom. The van der Waals surface area contributed by atoms with Crippen LogP contribution in [0.25, 0.3) is 0 Å². The van der Waals surface area contributed by atoms with E-state index in [0.29, 0.717) is 0 Å². The molecule has 0 N–H and O–H groups in total. The van der Waals surface area contributed by atoms with Gasteiger partial charge in [0.15, 0.2) is 9.04 Å².